The summed E-state index contributed by atoms with van der Waals surface area (Å²) in [6.45, 7) is 8.71. The number of carbonyl (C=O) groups excluding carboxylic acids is 1. The van der Waals surface area contributed by atoms with Crippen LogP contribution in [-0.4, -0.2) is 73.0 Å². The molecule has 0 N–H and O–H groups in total. The van der Waals surface area contributed by atoms with Gasteiger partial charge in [-0.15, -0.1) is 0 Å². The van der Waals surface area contributed by atoms with Crippen molar-refractivity contribution in [2.24, 2.45) is 5.92 Å². The minimum Gasteiger partial charge on any atom is -0.459 e. The molecular weight excluding hydrogens is 278 g/mol. The molecule has 5 heteroatoms. The number of rotatable bonds is 3. The summed E-state index contributed by atoms with van der Waals surface area (Å²) < 4.78 is 5.22. The van der Waals surface area contributed by atoms with Gasteiger partial charge in [0.1, 0.15) is 0 Å². The van der Waals surface area contributed by atoms with Gasteiger partial charge in [-0.25, -0.2) is 0 Å². The molecule has 0 spiro atoms. The van der Waals surface area contributed by atoms with Crippen molar-refractivity contribution < 1.29 is 9.21 Å². The zero-order chi connectivity index (χ0) is 15.5. The number of nitrogens with zero attached hydrogens (tertiary/aromatic N) is 3. The van der Waals surface area contributed by atoms with E-state index in [0.717, 1.165) is 32.5 Å². The third-order valence-electron chi connectivity index (χ3n) is 5.09. The SMILES string of the molecule is C[C@H]1CN(C)CCN1CC1CCN(C(=O)c2ccco2)CC1. The van der Waals surface area contributed by atoms with Crippen LogP contribution in [-0.2, 0) is 0 Å². The predicted octanol–water partition coefficient (Wildman–Crippen LogP) is 1.77. The van der Waals surface area contributed by atoms with Crippen molar-refractivity contribution in [3.63, 3.8) is 0 Å². The second kappa shape index (κ2) is 6.84. The van der Waals surface area contributed by atoms with Gasteiger partial charge in [-0.2, -0.15) is 0 Å². The van der Waals surface area contributed by atoms with Crippen molar-refractivity contribution in [1.29, 1.82) is 0 Å². The van der Waals surface area contributed by atoms with Crippen molar-refractivity contribution in [1.82, 2.24) is 14.7 Å². The fourth-order valence-corrected chi connectivity index (χ4v) is 3.65. The molecule has 2 aliphatic rings. The first-order valence-electron chi connectivity index (χ1n) is 8.39. The number of piperidine rings is 1. The number of hydrogen-bond donors (Lipinski definition) is 0. The maximum atomic E-state index is 12.3. The van der Waals surface area contributed by atoms with Crippen LogP contribution in [0.5, 0.6) is 0 Å². The zero-order valence-electron chi connectivity index (χ0n) is 13.7. The monoisotopic (exact) mass is 305 g/mol. The molecule has 1 aromatic heterocycles. The highest BCUT2D eigenvalue weighted by Gasteiger charge is 2.28. The number of carbonyl (C=O) groups is 1. The van der Waals surface area contributed by atoms with Crippen LogP contribution in [0.25, 0.3) is 0 Å². The van der Waals surface area contributed by atoms with Gasteiger partial charge in [0.05, 0.1) is 6.26 Å². The Hall–Kier alpha value is -1.33. The van der Waals surface area contributed by atoms with Gasteiger partial charge < -0.3 is 14.2 Å². The van der Waals surface area contributed by atoms with Crippen LogP contribution in [0.4, 0.5) is 0 Å². The molecule has 22 heavy (non-hydrogen) atoms. The Balaban J connectivity index is 1.47. The molecule has 3 heterocycles. The van der Waals surface area contributed by atoms with Crippen molar-refractivity contribution in [3.05, 3.63) is 24.2 Å². The van der Waals surface area contributed by atoms with Crippen molar-refractivity contribution in [3.8, 4) is 0 Å². The van der Waals surface area contributed by atoms with Crippen LogP contribution in [0.1, 0.15) is 30.3 Å². The number of likely N-dealkylation sites (N-methyl/N-ethyl adjacent to an activating group) is 1. The quantitative estimate of drug-likeness (QED) is 0.853. The molecule has 1 aromatic rings. The predicted molar refractivity (Wildman–Crippen MR) is 85.9 cm³/mol. The van der Waals surface area contributed by atoms with E-state index in [2.05, 4.69) is 23.8 Å². The fraction of sp³-hybridized carbons (Fsp3) is 0.706. The van der Waals surface area contributed by atoms with Crippen LogP contribution in [0.3, 0.4) is 0 Å². The summed E-state index contributed by atoms with van der Waals surface area (Å²) in [5.74, 6) is 1.22. The van der Waals surface area contributed by atoms with E-state index in [1.807, 2.05) is 4.90 Å². The molecular formula is C17H27N3O2. The summed E-state index contributed by atoms with van der Waals surface area (Å²) in [5, 5.41) is 0. The van der Waals surface area contributed by atoms with E-state index < -0.39 is 0 Å². The third-order valence-corrected chi connectivity index (χ3v) is 5.09. The van der Waals surface area contributed by atoms with Gasteiger partial charge >= 0.3 is 0 Å². The smallest absolute Gasteiger partial charge is 0.289 e. The summed E-state index contributed by atoms with van der Waals surface area (Å²) >= 11 is 0. The highest BCUT2D eigenvalue weighted by atomic mass is 16.3. The Morgan fingerprint density at radius 3 is 2.68 bits per heavy atom. The Morgan fingerprint density at radius 2 is 2.05 bits per heavy atom. The molecule has 0 bridgehead atoms. The molecule has 1 atom stereocenters. The topological polar surface area (TPSA) is 39.9 Å². The third kappa shape index (κ3) is 3.52. The molecule has 3 rings (SSSR count). The van der Waals surface area contributed by atoms with E-state index in [0.29, 0.717) is 17.7 Å². The second-order valence-corrected chi connectivity index (χ2v) is 6.82. The number of hydrogen-bond acceptors (Lipinski definition) is 4. The van der Waals surface area contributed by atoms with Gasteiger partial charge in [-0.05, 0) is 44.9 Å². The minimum absolute atomic E-state index is 0.0383. The maximum absolute atomic E-state index is 12.3. The highest BCUT2D eigenvalue weighted by Crippen LogP contribution is 2.22. The van der Waals surface area contributed by atoms with Crippen molar-refractivity contribution in [2.75, 3.05) is 46.3 Å². The molecule has 2 aliphatic heterocycles. The van der Waals surface area contributed by atoms with Gasteiger partial charge in [0.15, 0.2) is 5.76 Å². The Bertz CT molecular complexity index is 480. The van der Waals surface area contributed by atoms with Crippen LogP contribution >= 0.6 is 0 Å². The summed E-state index contributed by atoms with van der Waals surface area (Å²) in [6.07, 6.45) is 3.77. The Morgan fingerprint density at radius 1 is 1.27 bits per heavy atom. The lowest BCUT2D eigenvalue weighted by Gasteiger charge is -2.41. The highest BCUT2D eigenvalue weighted by molar-refractivity contribution is 5.91. The molecule has 5 nitrogen and oxygen atoms in total. The second-order valence-electron chi connectivity index (χ2n) is 6.82. The van der Waals surface area contributed by atoms with E-state index in [9.17, 15) is 4.79 Å². The number of furan rings is 1. The van der Waals surface area contributed by atoms with Gasteiger partial charge in [0.2, 0.25) is 0 Å². The molecule has 0 aliphatic carbocycles. The summed E-state index contributed by atoms with van der Waals surface area (Å²) in [6, 6.07) is 4.16. The van der Waals surface area contributed by atoms with Crippen LogP contribution < -0.4 is 0 Å². The van der Waals surface area contributed by atoms with Crippen LogP contribution in [0.2, 0.25) is 0 Å². The van der Waals surface area contributed by atoms with Crippen LogP contribution in [0, 0.1) is 5.92 Å². The lowest BCUT2D eigenvalue weighted by molar-refractivity contribution is 0.0536. The molecule has 122 valence electrons. The van der Waals surface area contributed by atoms with E-state index in [-0.39, 0.29) is 5.91 Å². The standard InChI is InChI=1S/C17H27N3O2/c1-14-12-18(2)9-10-20(14)13-15-5-7-19(8-6-15)17(21)16-4-3-11-22-16/h3-4,11,14-15H,5-10,12-13H2,1-2H3/t14-/m0/s1. The largest absolute Gasteiger partial charge is 0.459 e. The van der Waals surface area contributed by atoms with E-state index in [1.54, 1.807) is 18.4 Å². The van der Waals surface area contributed by atoms with Gasteiger partial charge in [-0.3, -0.25) is 9.69 Å². The molecule has 0 unspecified atom stereocenters. The van der Waals surface area contributed by atoms with E-state index in [4.69, 9.17) is 4.42 Å². The molecule has 1 amide bonds. The number of piperazine rings is 1. The molecule has 0 radical (unpaired) electrons. The molecule has 0 aromatic carbocycles. The lowest BCUT2D eigenvalue weighted by atomic mass is 9.95. The van der Waals surface area contributed by atoms with Crippen molar-refractivity contribution in [2.45, 2.75) is 25.8 Å². The molecule has 2 fully saturated rings. The first kappa shape index (κ1) is 15.6. The normalized spacial score (nSPS) is 25.5. The van der Waals surface area contributed by atoms with Gasteiger partial charge in [0, 0.05) is 45.3 Å². The summed E-state index contributed by atoms with van der Waals surface area (Å²) in [5.41, 5.74) is 0. The number of likely N-dealkylation sites (tertiary alicyclic amines) is 1. The minimum atomic E-state index is 0.0383. The van der Waals surface area contributed by atoms with E-state index >= 15 is 0 Å². The zero-order valence-corrected chi connectivity index (χ0v) is 13.7. The summed E-state index contributed by atoms with van der Waals surface area (Å²) in [4.78, 5) is 19.2. The lowest BCUT2D eigenvalue weighted by Crippen LogP contribution is -2.52. The molecule has 0 saturated carbocycles. The fourth-order valence-electron chi connectivity index (χ4n) is 3.65. The Labute approximate surface area is 132 Å². The van der Waals surface area contributed by atoms with Gasteiger partial charge in [0.25, 0.3) is 5.91 Å². The van der Waals surface area contributed by atoms with E-state index in [1.165, 1.54) is 19.6 Å². The Kier molecular flexibility index (Phi) is 4.84. The van der Waals surface area contributed by atoms with Crippen molar-refractivity contribution >= 4 is 5.91 Å². The average molecular weight is 305 g/mol. The summed E-state index contributed by atoms with van der Waals surface area (Å²) in [7, 11) is 2.20. The average Bonchev–Trinajstić information content (AvgIpc) is 3.04. The maximum Gasteiger partial charge on any atom is 0.289 e. The number of amides is 1. The molecule has 2 saturated heterocycles. The first-order valence-corrected chi connectivity index (χ1v) is 8.39. The van der Waals surface area contributed by atoms with Crippen LogP contribution in [0.15, 0.2) is 22.8 Å². The first-order chi connectivity index (χ1) is 10.6. The van der Waals surface area contributed by atoms with Gasteiger partial charge in [-0.1, -0.05) is 0 Å².